The van der Waals surface area contributed by atoms with E-state index in [1.165, 1.54) is 11.9 Å². The van der Waals surface area contributed by atoms with Gasteiger partial charge in [0.05, 0.1) is 6.42 Å². The SMILES string of the molecule is CN1C(=O)[C@H](CC(=O)N2Cc3ccccc3C2)N(C)C1=O. The van der Waals surface area contributed by atoms with Gasteiger partial charge in [0.25, 0.3) is 5.91 Å². The average Bonchev–Trinajstić information content (AvgIpc) is 2.99. The summed E-state index contributed by atoms with van der Waals surface area (Å²) in [6.07, 6.45) is 0.0411. The van der Waals surface area contributed by atoms with Gasteiger partial charge < -0.3 is 9.80 Å². The zero-order chi connectivity index (χ0) is 15.1. The fourth-order valence-electron chi connectivity index (χ4n) is 2.88. The topological polar surface area (TPSA) is 60.9 Å². The average molecular weight is 287 g/mol. The van der Waals surface area contributed by atoms with E-state index in [9.17, 15) is 14.4 Å². The van der Waals surface area contributed by atoms with E-state index >= 15 is 0 Å². The lowest BCUT2D eigenvalue weighted by molar-refractivity contribution is -0.136. The Morgan fingerprint density at radius 3 is 2.19 bits per heavy atom. The van der Waals surface area contributed by atoms with Gasteiger partial charge in [0.1, 0.15) is 6.04 Å². The van der Waals surface area contributed by atoms with Crippen LogP contribution in [0.5, 0.6) is 0 Å². The summed E-state index contributed by atoms with van der Waals surface area (Å²) in [4.78, 5) is 40.2. The van der Waals surface area contributed by atoms with Crippen LogP contribution in [0, 0.1) is 0 Å². The van der Waals surface area contributed by atoms with Crippen LogP contribution in [0.1, 0.15) is 17.5 Å². The highest BCUT2D eigenvalue weighted by Gasteiger charge is 2.42. The molecule has 2 aliphatic heterocycles. The Hall–Kier alpha value is -2.37. The molecule has 0 aliphatic carbocycles. The lowest BCUT2D eigenvalue weighted by Crippen LogP contribution is -2.37. The number of amides is 4. The van der Waals surface area contributed by atoms with Crippen LogP contribution in [0.3, 0.4) is 0 Å². The van der Waals surface area contributed by atoms with Gasteiger partial charge in [-0.15, -0.1) is 0 Å². The fraction of sp³-hybridized carbons (Fsp3) is 0.400. The Morgan fingerprint density at radius 2 is 1.71 bits per heavy atom. The van der Waals surface area contributed by atoms with Gasteiger partial charge in [-0.25, -0.2) is 4.79 Å². The first-order valence-corrected chi connectivity index (χ1v) is 6.88. The van der Waals surface area contributed by atoms with E-state index in [4.69, 9.17) is 0 Å². The summed E-state index contributed by atoms with van der Waals surface area (Å²) in [5.41, 5.74) is 2.29. The number of rotatable bonds is 2. The minimum Gasteiger partial charge on any atom is -0.334 e. The molecular weight excluding hydrogens is 270 g/mol. The van der Waals surface area contributed by atoms with Crippen molar-refractivity contribution in [3.8, 4) is 0 Å². The van der Waals surface area contributed by atoms with Crippen LogP contribution in [-0.2, 0) is 22.7 Å². The van der Waals surface area contributed by atoms with Gasteiger partial charge in [-0.1, -0.05) is 24.3 Å². The normalized spacial score (nSPS) is 21.2. The number of hydrogen-bond donors (Lipinski definition) is 0. The molecule has 2 aliphatic rings. The van der Waals surface area contributed by atoms with Gasteiger partial charge in [-0.05, 0) is 11.1 Å². The van der Waals surface area contributed by atoms with Gasteiger partial charge in [0, 0.05) is 27.2 Å². The van der Waals surface area contributed by atoms with E-state index in [1.807, 2.05) is 24.3 Å². The Bertz CT molecular complexity index is 603. The lowest BCUT2D eigenvalue weighted by atomic mass is 10.1. The predicted molar refractivity (Wildman–Crippen MR) is 75.0 cm³/mol. The highest BCUT2D eigenvalue weighted by atomic mass is 16.2. The maximum atomic E-state index is 12.4. The zero-order valence-corrected chi connectivity index (χ0v) is 12.1. The molecule has 3 rings (SSSR count). The molecule has 2 heterocycles. The van der Waals surface area contributed by atoms with Crippen LogP contribution in [0.2, 0.25) is 0 Å². The number of nitrogens with zero attached hydrogens (tertiary/aromatic N) is 3. The van der Waals surface area contributed by atoms with Crippen molar-refractivity contribution < 1.29 is 14.4 Å². The lowest BCUT2D eigenvalue weighted by Gasteiger charge is -2.20. The molecule has 1 saturated heterocycles. The van der Waals surface area contributed by atoms with Gasteiger partial charge in [-0.2, -0.15) is 0 Å². The molecule has 0 saturated carbocycles. The number of hydrogen-bond acceptors (Lipinski definition) is 3. The van der Waals surface area contributed by atoms with Crippen LogP contribution >= 0.6 is 0 Å². The molecule has 21 heavy (non-hydrogen) atoms. The number of carbonyl (C=O) groups excluding carboxylic acids is 3. The molecule has 0 spiro atoms. The first-order valence-electron chi connectivity index (χ1n) is 6.88. The van der Waals surface area contributed by atoms with Gasteiger partial charge in [-0.3, -0.25) is 14.5 Å². The number of fused-ring (bicyclic) bond motifs is 1. The molecule has 0 bridgehead atoms. The largest absolute Gasteiger partial charge is 0.334 e. The molecule has 1 aromatic rings. The van der Waals surface area contributed by atoms with Crippen molar-refractivity contribution in [3.63, 3.8) is 0 Å². The Morgan fingerprint density at radius 1 is 1.14 bits per heavy atom. The third-order valence-electron chi connectivity index (χ3n) is 4.23. The number of imide groups is 1. The zero-order valence-electron chi connectivity index (χ0n) is 12.1. The first-order chi connectivity index (χ1) is 9.99. The second-order valence-electron chi connectivity index (χ2n) is 5.53. The van der Waals surface area contributed by atoms with Crippen molar-refractivity contribution in [3.05, 3.63) is 35.4 Å². The highest BCUT2D eigenvalue weighted by molar-refractivity contribution is 6.05. The summed E-state index contributed by atoms with van der Waals surface area (Å²) < 4.78 is 0. The Labute approximate surface area is 122 Å². The molecule has 0 aromatic heterocycles. The molecule has 1 fully saturated rings. The number of likely N-dealkylation sites (N-methyl/N-ethyl adjacent to an activating group) is 2. The third kappa shape index (κ3) is 2.16. The molecule has 6 heteroatoms. The Kier molecular flexibility index (Phi) is 3.16. The second kappa shape index (κ2) is 4.87. The fourth-order valence-corrected chi connectivity index (χ4v) is 2.88. The van der Waals surface area contributed by atoms with Crippen molar-refractivity contribution in [2.75, 3.05) is 14.1 Å². The van der Waals surface area contributed by atoms with Gasteiger partial charge >= 0.3 is 6.03 Å². The van der Waals surface area contributed by atoms with Crippen molar-refractivity contribution >= 4 is 17.8 Å². The number of urea groups is 1. The molecule has 0 N–H and O–H groups in total. The van der Waals surface area contributed by atoms with Crippen LogP contribution in [-0.4, -0.2) is 52.7 Å². The van der Waals surface area contributed by atoms with E-state index in [2.05, 4.69) is 0 Å². The predicted octanol–water partition coefficient (Wildman–Crippen LogP) is 0.811. The van der Waals surface area contributed by atoms with Crippen LogP contribution in [0.4, 0.5) is 4.79 Å². The number of carbonyl (C=O) groups is 3. The molecule has 4 amide bonds. The molecule has 110 valence electrons. The van der Waals surface area contributed by atoms with Crippen molar-refractivity contribution in [1.29, 1.82) is 0 Å². The quantitative estimate of drug-likeness (QED) is 0.756. The Balaban J connectivity index is 1.69. The highest BCUT2D eigenvalue weighted by Crippen LogP contribution is 2.24. The van der Waals surface area contributed by atoms with E-state index in [0.29, 0.717) is 13.1 Å². The molecule has 0 radical (unpaired) electrons. The van der Waals surface area contributed by atoms with E-state index < -0.39 is 6.04 Å². The molecule has 6 nitrogen and oxygen atoms in total. The van der Waals surface area contributed by atoms with Crippen molar-refractivity contribution in [2.24, 2.45) is 0 Å². The second-order valence-corrected chi connectivity index (χ2v) is 5.53. The summed E-state index contributed by atoms with van der Waals surface area (Å²) in [5.74, 6) is -0.410. The first kappa shape index (κ1) is 13.6. The smallest absolute Gasteiger partial charge is 0.326 e. The van der Waals surface area contributed by atoms with Crippen LogP contribution in [0.25, 0.3) is 0 Å². The van der Waals surface area contributed by atoms with E-state index in [1.54, 1.807) is 11.9 Å². The van der Waals surface area contributed by atoms with Gasteiger partial charge in [0.2, 0.25) is 5.91 Å². The summed E-state index contributed by atoms with van der Waals surface area (Å²) >= 11 is 0. The van der Waals surface area contributed by atoms with E-state index in [-0.39, 0.29) is 24.3 Å². The molecule has 1 aromatic carbocycles. The summed E-state index contributed by atoms with van der Waals surface area (Å²) in [7, 11) is 3.00. The van der Waals surface area contributed by atoms with Crippen LogP contribution < -0.4 is 0 Å². The summed E-state index contributed by atoms with van der Waals surface area (Å²) in [6, 6.07) is 6.88. The molecule has 1 atom stereocenters. The maximum absolute atomic E-state index is 12.4. The number of benzene rings is 1. The van der Waals surface area contributed by atoms with E-state index in [0.717, 1.165) is 16.0 Å². The summed E-state index contributed by atoms with van der Waals surface area (Å²) in [5, 5.41) is 0. The summed E-state index contributed by atoms with van der Waals surface area (Å²) in [6.45, 7) is 1.15. The third-order valence-corrected chi connectivity index (χ3v) is 4.23. The minimum absolute atomic E-state index is 0.0411. The van der Waals surface area contributed by atoms with Crippen LogP contribution in [0.15, 0.2) is 24.3 Å². The maximum Gasteiger partial charge on any atom is 0.326 e. The van der Waals surface area contributed by atoms with Crippen molar-refractivity contribution in [2.45, 2.75) is 25.6 Å². The van der Waals surface area contributed by atoms with Crippen molar-refractivity contribution in [1.82, 2.24) is 14.7 Å². The van der Waals surface area contributed by atoms with Gasteiger partial charge in [0.15, 0.2) is 0 Å². The standard InChI is InChI=1S/C15H17N3O3/c1-16-12(14(20)17(2)15(16)21)7-13(19)18-8-10-5-3-4-6-11(10)9-18/h3-6,12H,7-9H2,1-2H3/t12-/m0/s1. The molecular formula is C15H17N3O3. The minimum atomic E-state index is -0.682. The molecule has 0 unspecified atom stereocenters. The monoisotopic (exact) mass is 287 g/mol.